The molecule has 0 aromatic carbocycles. The lowest BCUT2D eigenvalue weighted by atomic mass is 9.92. The normalized spacial score (nSPS) is 21.8. The van der Waals surface area contributed by atoms with E-state index in [0.717, 1.165) is 24.4 Å². The number of alkyl carbamates (subject to hydrolysis) is 1. The number of hydrogen-bond donors (Lipinski definition) is 1. The molecule has 1 aliphatic rings. The number of nitrogens with one attached hydrogen (secondary N) is 1. The Balaban J connectivity index is 1.98. The average molecular weight is 340 g/mol. The summed E-state index contributed by atoms with van der Waals surface area (Å²) >= 11 is 1.16. The van der Waals surface area contributed by atoms with E-state index in [1.54, 1.807) is 10.3 Å². The smallest absolute Gasteiger partial charge is 0.407 e. The highest BCUT2D eigenvalue weighted by molar-refractivity contribution is 7.03. The van der Waals surface area contributed by atoms with E-state index in [2.05, 4.69) is 21.8 Å². The van der Waals surface area contributed by atoms with E-state index in [-0.39, 0.29) is 11.9 Å². The van der Waals surface area contributed by atoms with Crippen LogP contribution in [-0.4, -0.2) is 51.2 Å². The Morgan fingerprint density at radius 1 is 1.48 bits per heavy atom. The number of hydrogen-bond acceptors (Lipinski definition) is 6. The van der Waals surface area contributed by atoms with Crippen molar-refractivity contribution >= 4 is 23.5 Å². The van der Waals surface area contributed by atoms with E-state index in [9.17, 15) is 9.59 Å². The SMILES string of the molecule is C[C@H]1CCN(C(=O)c2csnn2)[C@@H](CNC(=O)OC(C)(C)C)C1. The van der Waals surface area contributed by atoms with Crippen LogP contribution >= 0.6 is 11.5 Å². The number of carbonyl (C=O) groups excluding carboxylic acids is 2. The molecule has 0 radical (unpaired) electrons. The lowest BCUT2D eigenvalue weighted by Crippen LogP contribution is -2.51. The van der Waals surface area contributed by atoms with Gasteiger partial charge in [0.2, 0.25) is 0 Å². The van der Waals surface area contributed by atoms with E-state index >= 15 is 0 Å². The lowest BCUT2D eigenvalue weighted by Gasteiger charge is -2.38. The van der Waals surface area contributed by atoms with E-state index in [0.29, 0.717) is 24.7 Å². The Kier molecular flexibility index (Phi) is 5.56. The Bertz CT molecular complexity index is 541. The molecule has 2 amide bonds. The Morgan fingerprint density at radius 3 is 2.83 bits per heavy atom. The van der Waals surface area contributed by atoms with Crippen molar-refractivity contribution in [2.45, 2.75) is 52.2 Å². The molecule has 7 nitrogen and oxygen atoms in total. The molecule has 1 aromatic heterocycles. The summed E-state index contributed by atoms with van der Waals surface area (Å²) < 4.78 is 9.00. The molecule has 23 heavy (non-hydrogen) atoms. The molecule has 128 valence electrons. The number of rotatable bonds is 3. The van der Waals surface area contributed by atoms with Crippen molar-refractivity contribution in [2.24, 2.45) is 5.92 Å². The number of amides is 2. The maximum atomic E-state index is 12.5. The van der Waals surface area contributed by atoms with Crippen LogP contribution in [0.5, 0.6) is 0 Å². The second kappa shape index (κ2) is 7.25. The number of ether oxygens (including phenoxy) is 1. The zero-order chi connectivity index (χ0) is 17.0. The maximum Gasteiger partial charge on any atom is 0.407 e. The lowest BCUT2D eigenvalue weighted by molar-refractivity contribution is 0.0434. The van der Waals surface area contributed by atoms with Crippen LogP contribution in [0, 0.1) is 5.92 Å². The van der Waals surface area contributed by atoms with Crippen LogP contribution in [0.3, 0.4) is 0 Å². The van der Waals surface area contributed by atoms with Gasteiger partial charge in [-0.2, -0.15) is 0 Å². The highest BCUT2D eigenvalue weighted by atomic mass is 32.1. The van der Waals surface area contributed by atoms with Crippen molar-refractivity contribution in [2.75, 3.05) is 13.1 Å². The van der Waals surface area contributed by atoms with Gasteiger partial charge < -0.3 is 15.0 Å². The van der Waals surface area contributed by atoms with Gasteiger partial charge in [0.15, 0.2) is 5.69 Å². The van der Waals surface area contributed by atoms with Crippen LogP contribution in [0.15, 0.2) is 5.38 Å². The molecule has 1 aromatic rings. The highest BCUT2D eigenvalue weighted by Crippen LogP contribution is 2.24. The Morgan fingerprint density at radius 2 is 2.22 bits per heavy atom. The molecule has 1 saturated heterocycles. The average Bonchev–Trinajstić information content (AvgIpc) is 2.97. The molecule has 0 spiro atoms. The molecule has 1 fully saturated rings. The first-order valence-electron chi connectivity index (χ1n) is 7.81. The van der Waals surface area contributed by atoms with Crippen LogP contribution < -0.4 is 5.32 Å². The molecular weight excluding hydrogens is 316 g/mol. The van der Waals surface area contributed by atoms with E-state index in [1.165, 1.54) is 0 Å². The van der Waals surface area contributed by atoms with E-state index < -0.39 is 11.7 Å². The summed E-state index contributed by atoms with van der Waals surface area (Å²) in [5, 5.41) is 8.28. The minimum Gasteiger partial charge on any atom is -0.444 e. The zero-order valence-electron chi connectivity index (χ0n) is 14.0. The number of nitrogens with zero attached hydrogens (tertiary/aromatic N) is 3. The molecule has 0 unspecified atom stereocenters. The third kappa shape index (κ3) is 5.16. The van der Waals surface area contributed by atoms with Crippen LogP contribution in [0.2, 0.25) is 0 Å². The second-order valence-electron chi connectivity index (χ2n) is 6.95. The molecule has 2 rings (SSSR count). The summed E-state index contributed by atoms with van der Waals surface area (Å²) in [6.07, 6.45) is 1.34. The fraction of sp³-hybridized carbons (Fsp3) is 0.733. The highest BCUT2D eigenvalue weighted by Gasteiger charge is 2.32. The monoisotopic (exact) mass is 340 g/mol. The molecule has 1 N–H and O–H groups in total. The first-order chi connectivity index (χ1) is 10.8. The third-order valence-corrected chi connectivity index (χ3v) is 4.20. The van der Waals surface area contributed by atoms with Crippen LogP contribution in [0.25, 0.3) is 0 Å². The topological polar surface area (TPSA) is 84.4 Å². The number of aromatic nitrogens is 2. The molecule has 2 atom stereocenters. The van der Waals surface area contributed by atoms with Crippen molar-refractivity contribution in [3.8, 4) is 0 Å². The van der Waals surface area contributed by atoms with Crippen LogP contribution in [0.4, 0.5) is 4.79 Å². The van der Waals surface area contributed by atoms with Gasteiger partial charge in [0.05, 0.1) is 0 Å². The predicted molar refractivity (Wildman–Crippen MR) is 87.4 cm³/mol. The quantitative estimate of drug-likeness (QED) is 0.913. The van der Waals surface area contributed by atoms with Gasteiger partial charge in [0.25, 0.3) is 5.91 Å². The summed E-state index contributed by atoms with van der Waals surface area (Å²) in [5.74, 6) is 0.389. The Labute approximate surface area is 140 Å². The molecule has 0 aliphatic carbocycles. The molecule has 0 bridgehead atoms. The largest absolute Gasteiger partial charge is 0.444 e. The van der Waals surface area contributed by atoms with Gasteiger partial charge in [-0.25, -0.2) is 4.79 Å². The molecule has 8 heteroatoms. The van der Waals surface area contributed by atoms with Gasteiger partial charge in [-0.1, -0.05) is 11.4 Å². The summed E-state index contributed by atoms with van der Waals surface area (Å²) in [6.45, 7) is 8.66. The van der Waals surface area contributed by atoms with Crippen molar-refractivity contribution in [3.05, 3.63) is 11.1 Å². The molecule has 1 aliphatic heterocycles. The number of likely N-dealkylation sites (tertiary alicyclic amines) is 1. The fourth-order valence-electron chi connectivity index (χ4n) is 2.63. The van der Waals surface area contributed by atoms with Crippen molar-refractivity contribution in [3.63, 3.8) is 0 Å². The first kappa shape index (κ1) is 17.7. The summed E-state index contributed by atoms with van der Waals surface area (Å²) in [4.78, 5) is 26.2. The van der Waals surface area contributed by atoms with Crippen molar-refractivity contribution < 1.29 is 14.3 Å². The fourth-order valence-corrected chi connectivity index (χ4v) is 3.06. The zero-order valence-corrected chi connectivity index (χ0v) is 14.9. The second-order valence-corrected chi connectivity index (χ2v) is 7.56. The summed E-state index contributed by atoms with van der Waals surface area (Å²) in [6, 6.07) is -0.0551. The number of carbonyl (C=O) groups is 2. The van der Waals surface area contributed by atoms with Gasteiger partial charge in [0.1, 0.15) is 5.60 Å². The standard InChI is InChI=1S/C15H24N4O3S/c1-10-5-6-19(13(20)12-9-23-18-17-12)11(7-10)8-16-14(21)22-15(2,3)4/h9-11H,5-8H2,1-4H3,(H,16,21)/t10-,11+/m0/s1. The van der Waals surface area contributed by atoms with Crippen LogP contribution in [0.1, 0.15) is 51.0 Å². The maximum absolute atomic E-state index is 12.5. The number of piperidine rings is 1. The van der Waals surface area contributed by atoms with Crippen molar-refractivity contribution in [1.29, 1.82) is 0 Å². The van der Waals surface area contributed by atoms with Gasteiger partial charge in [-0.3, -0.25) is 4.79 Å². The minimum absolute atomic E-state index is 0.0551. The minimum atomic E-state index is -0.536. The summed E-state index contributed by atoms with van der Waals surface area (Å²) in [7, 11) is 0. The van der Waals surface area contributed by atoms with Crippen molar-refractivity contribution in [1.82, 2.24) is 19.8 Å². The molecule has 0 saturated carbocycles. The van der Waals surface area contributed by atoms with Gasteiger partial charge in [-0.15, -0.1) is 5.10 Å². The van der Waals surface area contributed by atoms with Gasteiger partial charge in [0, 0.05) is 24.5 Å². The van der Waals surface area contributed by atoms with Gasteiger partial charge >= 0.3 is 6.09 Å². The van der Waals surface area contributed by atoms with Crippen LogP contribution in [-0.2, 0) is 4.74 Å². The Hall–Kier alpha value is -1.70. The molecule has 2 heterocycles. The third-order valence-electron chi connectivity index (χ3n) is 3.70. The van der Waals surface area contributed by atoms with E-state index in [1.807, 2.05) is 20.8 Å². The first-order valence-corrected chi connectivity index (χ1v) is 8.65. The van der Waals surface area contributed by atoms with E-state index in [4.69, 9.17) is 4.74 Å². The summed E-state index contributed by atoms with van der Waals surface area (Å²) in [5.41, 5.74) is -0.169. The predicted octanol–water partition coefficient (Wildman–Crippen LogP) is 2.30. The van der Waals surface area contributed by atoms with Gasteiger partial charge in [-0.05, 0) is 51.1 Å². The molecular formula is C15H24N4O3S.